The molecular weight excluding hydrogens is 477 g/mol. The molecule has 0 fully saturated rings. The Balaban J connectivity index is 1.95. The number of anilines is 1. The average molecular weight is 498 g/mol. The number of nitrogens with one attached hydrogen (secondary N) is 2. The van der Waals surface area contributed by atoms with Gasteiger partial charge in [0.05, 0.1) is 21.7 Å². The number of rotatable bonds is 9. The SMILES string of the molecule is CCCCCCOc1ccc(C(=O)NC(=S)Nc2cc([N+](=O)[O-])ccc2F)cc1Br. The van der Waals surface area contributed by atoms with Crippen LogP contribution < -0.4 is 15.4 Å². The van der Waals surface area contributed by atoms with Crippen molar-refractivity contribution < 1.29 is 18.8 Å². The number of halogens is 2. The Morgan fingerprint density at radius 2 is 2.00 bits per heavy atom. The molecular formula is C20H21BrFN3O4S. The van der Waals surface area contributed by atoms with Crippen LogP contribution in [0.4, 0.5) is 15.8 Å². The Morgan fingerprint density at radius 1 is 1.23 bits per heavy atom. The molecule has 2 N–H and O–H groups in total. The number of benzene rings is 2. The Kier molecular flexibility index (Phi) is 9.13. The number of amides is 1. The van der Waals surface area contributed by atoms with E-state index in [9.17, 15) is 19.3 Å². The van der Waals surface area contributed by atoms with E-state index in [1.165, 1.54) is 0 Å². The fourth-order valence-electron chi connectivity index (χ4n) is 2.52. The average Bonchev–Trinajstić information content (AvgIpc) is 2.70. The molecule has 10 heteroatoms. The number of non-ortho nitro benzene ring substituents is 1. The van der Waals surface area contributed by atoms with Gasteiger partial charge in [0.25, 0.3) is 11.6 Å². The van der Waals surface area contributed by atoms with Crippen LogP contribution in [-0.2, 0) is 0 Å². The van der Waals surface area contributed by atoms with Crippen molar-refractivity contribution in [1.82, 2.24) is 5.32 Å². The van der Waals surface area contributed by atoms with Gasteiger partial charge in [-0.2, -0.15) is 0 Å². The third kappa shape index (κ3) is 7.03. The van der Waals surface area contributed by atoms with E-state index in [0.29, 0.717) is 22.4 Å². The third-order valence-corrected chi connectivity index (χ3v) is 4.91. The second-order valence-electron chi connectivity index (χ2n) is 6.38. The number of hydrogen-bond acceptors (Lipinski definition) is 5. The van der Waals surface area contributed by atoms with Gasteiger partial charge >= 0.3 is 0 Å². The normalized spacial score (nSPS) is 10.4. The van der Waals surface area contributed by atoms with Crippen molar-refractivity contribution in [3.8, 4) is 5.75 Å². The molecule has 30 heavy (non-hydrogen) atoms. The fraction of sp³-hybridized carbons (Fsp3) is 0.300. The van der Waals surface area contributed by atoms with Crippen molar-refractivity contribution in [2.24, 2.45) is 0 Å². The van der Waals surface area contributed by atoms with E-state index in [1.54, 1.807) is 18.2 Å². The van der Waals surface area contributed by atoms with Crippen LogP contribution in [0.15, 0.2) is 40.9 Å². The zero-order valence-electron chi connectivity index (χ0n) is 16.2. The molecule has 0 spiro atoms. The van der Waals surface area contributed by atoms with Crippen molar-refractivity contribution in [1.29, 1.82) is 0 Å². The molecule has 160 valence electrons. The van der Waals surface area contributed by atoms with Gasteiger partial charge in [-0.15, -0.1) is 0 Å². The number of carbonyl (C=O) groups excluding carboxylic acids is 1. The maximum absolute atomic E-state index is 13.8. The minimum atomic E-state index is -0.736. The van der Waals surface area contributed by atoms with Gasteiger partial charge in [0.2, 0.25) is 0 Å². The van der Waals surface area contributed by atoms with Crippen molar-refractivity contribution in [3.05, 3.63) is 62.4 Å². The number of ether oxygens (including phenoxy) is 1. The number of thiocarbonyl (C=S) groups is 1. The Labute approximate surface area is 187 Å². The lowest BCUT2D eigenvalue weighted by molar-refractivity contribution is -0.384. The van der Waals surface area contributed by atoms with E-state index >= 15 is 0 Å². The third-order valence-electron chi connectivity index (χ3n) is 4.09. The maximum Gasteiger partial charge on any atom is 0.271 e. The summed E-state index contributed by atoms with van der Waals surface area (Å²) in [6, 6.07) is 7.83. The first-order valence-corrected chi connectivity index (χ1v) is 10.5. The van der Waals surface area contributed by atoms with Gasteiger partial charge in [0.15, 0.2) is 5.11 Å². The summed E-state index contributed by atoms with van der Waals surface area (Å²) < 4.78 is 20.2. The predicted octanol–water partition coefficient (Wildman–Crippen LogP) is 5.58. The highest BCUT2D eigenvalue weighted by atomic mass is 79.9. The van der Waals surface area contributed by atoms with Crippen LogP contribution in [0.5, 0.6) is 5.75 Å². The molecule has 0 saturated carbocycles. The summed E-state index contributed by atoms with van der Waals surface area (Å²) in [6.45, 7) is 2.73. The zero-order chi connectivity index (χ0) is 22.1. The van der Waals surface area contributed by atoms with Gasteiger partial charge in [0.1, 0.15) is 11.6 Å². The van der Waals surface area contributed by atoms with Crippen LogP contribution in [-0.4, -0.2) is 22.5 Å². The Morgan fingerprint density at radius 3 is 2.67 bits per heavy atom. The second kappa shape index (κ2) is 11.6. The topological polar surface area (TPSA) is 93.5 Å². The monoisotopic (exact) mass is 497 g/mol. The minimum absolute atomic E-state index is 0.188. The molecule has 0 bridgehead atoms. The van der Waals surface area contributed by atoms with Crippen LogP contribution in [0.2, 0.25) is 0 Å². The number of nitrogens with zero attached hydrogens (tertiary/aromatic N) is 1. The van der Waals surface area contributed by atoms with Crippen molar-refractivity contribution in [2.75, 3.05) is 11.9 Å². The molecule has 0 heterocycles. The molecule has 1 amide bonds. The lowest BCUT2D eigenvalue weighted by Gasteiger charge is -2.12. The van der Waals surface area contributed by atoms with Crippen molar-refractivity contribution >= 4 is 50.5 Å². The molecule has 0 radical (unpaired) electrons. The summed E-state index contributed by atoms with van der Waals surface area (Å²) in [5.74, 6) is -0.628. The second-order valence-corrected chi connectivity index (χ2v) is 7.65. The molecule has 2 aromatic rings. The smallest absolute Gasteiger partial charge is 0.271 e. The fourth-order valence-corrected chi connectivity index (χ4v) is 3.22. The van der Waals surface area contributed by atoms with E-state index in [-0.39, 0.29) is 16.5 Å². The van der Waals surface area contributed by atoms with Crippen LogP contribution in [0.1, 0.15) is 43.0 Å². The molecule has 2 aromatic carbocycles. The lowest BCUT2D eigenvalue weighted by Crippen LogP contribution is -2.34. The minimum Gasteiger partial charge on any atom is -0.492 e. The first-order valence-electron chi connectivity index (χ1n) is 9.30. The zero-order valence-corrected chi connectivity index (χ0v) is 18.6. The van der Waals surface area contributed by atoms with E-state index < -0.39 is 16.6 Å². The van der Waals surface area contributed by atoms with Crippen molar-refractivity contribution in [3.63, 3.8) is 0 Å². The standard InChI is InChI=1S/C20H21BrFN3O4S/c1-2-3-4-5-10-29-18-9-6-13(11-15(18)21)19(26)24-20(30)23-17-12-14(25(27)28)7-8-16(17)22/h6-9,11-12H,2-5,10H2,1H3,(H2,23,24,26,30). The summed E-state index contributed by atoms with van der Waals surface area (Å²) in [5, 5.41) is 15.5. The van der Waals surface area contributed by atoms with Crippen molar-refractivity contribution in [2.45, 2.75) is 32.6 Å². The summed E-state index contributed by atoms with van der Waals surface area (Å²) >= 11 is 8.40. The van der Waals surface area contributed by atoms with E-state index in [0.717, 1.165) is 43.9 Å². The van der Waals surface area contributed by atoms with Crippen LogP contribution in [0.3, 0.4) is 0 Å². The van der Waals surface area contributed by atoms with Gasteiger partial charge in [-0.25, -0.2) is 4.39 Å². The highest BCUT2D eigenvalue weighted by molar-refractivity contribution is 9.10. The van der Waals surface area contributed by atoms with Gasteiger partial charge in [-0.05, 0) is 58.8 Å². The molecule has 0 saturated heterocycles. The molecule has 0 aliphatic carbocycles. The maximum atomic E-state index is 13.8. The first kappa shape index (κ1) is 23.7. The van der Waals surface area contributed by atoms with Gasteiger partial charge < -0.3 is 10.1 Å². The molecule has 0 aliphatic rings. The molecule has 7 nitrogen and oxygen atoms in total. The number of nitro benzene ring substituents is 1. The predicted molar refractivity (Wildman–Crippen MR) is 121 cm³/mol. The molecule has 0 aliphatic heterocycles. The molecule has 0 unspecified atom stereocenters. The van der Waals surface area contributed by atoms with Gasteiger partial charge in [-0.1, -0.05) is 26.2 Å². The highest BCUT2D eigenvalue weighted by Gasteiger charge is 2.14. The van der Waals surface area contributed by atoms with E-state index in [2.05, 4.69) is 33.5 Å². The number of carbonyl (C=O) groups is 1. The Bertz CT molecular complexity index is 942. The van der Waals surface area contributed by atoms with Crippen LogP contribution in [0.25, 0.3) is 0 Å². The summed E-state index contributed by atoms with van der Waals surface area (Å²) in [6.07, 6.45) is 4.37. The lowest BCUT2D eigenvalue weighted by atomic mass is 10.2. The van der Waals surface area contributed by atoms with Crippen LogP contribution in [0, 0.1) is 15.9 Å². The summed E-state index contributed by atoms with van der Waals surface area (Å²) in [5.41, 5.74) is -0.200. The largest absolute Gasteiger partial charge is 0.492 e. The first-order chi connectivity index (χ1) is 14.3. The highest BCUT2D eigenvalue weighted by Crippen LogP contribution is 2.26. The van der Waals surface area contributed by atoms with Gasteiger partial charge in [-0.3, -0.25) is 20.2 Å². The summed E-state index contributed by atoms with van der Waals surface area (Å²) in [7, 11) is 0. The number of nitro groups is 1. The molecule has 0 atom stereocenters. The van der Waals surface area contributed by atoms with Crippen LogP contribution >= 0.6 is 28.1 Å². The quantitative estimate of drug-likeness (QED) is 0.203. The van der Waals surface area contributed by atoms with E-state index in [4.69, 9.17) is 17.0 Å². The van der Waals surface area contributed by atoms with E-state index in [1.807, 2.05) is 0 Å². The van der Waals surface area contributed by atoms with Gasteiger partial charge in [0, 0.05) is 17.7 Å². The Hall–Kier alpha value is -2.59. The number of hydrogen-bond donors (Lipinski definition) is 2. The summed E-state index contributed by atoms with van der Waals surface area (Å²) in [4.78, 5) is 22.6. The molecule has 0 aromatic heterocycles. The number of unbranched alkanes of at least 4 members (excludes halogenated alkanes) is 3. The molecule has 2 rings (SSSR count).